The normalized spacial score (nSPS) is 23.9. The summed E-state index contributed by atoms with van der Waals surface area (Å²) < 4.78 is 5.84. The Kier molecular flexibility index (Phi) is 6.47. The maximum absolute atomic E-state index is 5.84. The summed E-state index contributed by atoms with van der Waals surface area (Å²) in [5.41, 5.74) is 0. The number of nitrogens with one attached hydrogen (secondary N) is 1. The number of unbranched alkanes of at least 4 members (excludes halogenated alkanes) is 1. The molecule has 1 fully saturated rings. The SMILES string of the molecule is C#CCCCC(NC)C1CN(CC)CCO1. The molecule has 16 heavy (non-hydrogen) atoms. The first-order chi connectivity index (χ1) is 7.81. The van der Waals surface area contributed by atoms with Gasteiger partial charge in [-0.2, -0.15) is 0 Å². The molecule has 3 heteroatoms. The van der Waals surface area contributed by atoms with E-state index in [4.69, 9.17) is 11.2 Å². The number of ether oxygens (including phenoxy) is 1. The van der Waals surface area contributed by atoms with Crippen LogP contribution in [-0.4, -0.2) is 50.3 Å². The zero-order valence-electron chi connectivity index (χ0n) is 10.5. The summed E-state index contributed by atoms with van der Waals surface area (Å²) in [6.45, 7) is 6.27. The van der Waals surface area contributed by atoms with E-state index >= 15 is 0 Å². The lowest BCUT2D eigenvalue weighted by atomic mass is 10.0. The fourth-order valence-electron chi connectivity index (χ4n) is 2.20. The van der Waals surface area contributed by atoms with Gasteiger partial charge in [-0.3, -0.25) is 4.90 Å². The van der Waals surface area contributed by atoms with Crippen molar-refractivity contribution in [1.82, 2.24) is 10.2 Å². The molecule has 1 rings (SSSR count). The second-order valence-corrected chi connectivity index (χ2v) is 4.29. The molecule has 0 aromatic heterocycles. The molecule has 0 aromatic rings. The Morgan fingerprint density at radius 2 is 2.44 bits per heavy atom. The number of morpholine rings is 1. The van der Waals surface area contributed by atoms with Crippen LogP contribution in [0.4, 0.5) is 0 Å². The lowest BCUT2D eigenvalue weighted by Gasteiger charge is -2.36. The summed E-state index contributed by atoms with van der Waals surface area (Å²) in [5.74, 6) is 2.69. The van der Waals surface area contributed by atoms with Crippen LogP contribution in [0.2, 0.25) is 0 Å². The van der Waals surface area contributed by atoms with Gasteiger partial charge in [-0.25, -0.2) is 0 Å². The van der Waals surface area contributed by atoms with Gasteiger partial charge in [0.15, 0.2) is 0 Å². The van der Waals surface area contributed by atoms with Crippen molar-refractivity contribution in [3.63, 3.8) is 0 Å². The van der Waals surface area contributed by atoms with E-state index < -0.39 is 0 Å². The molecular weight excluding hydrogens is 200 g/mol. The van der Waals surface area contributed by atoms with Crippen molar-refractivity contribution >= 4 is 0 Å². The van der Waals surface area contributed by atoms with E-state index in [9.17, 15) is 0 Å². The summed E-state index contributed by atoms with van der Waals surface area (Å²) in [7, 11) is 2.01. The fourth-order valence-corrected chi connectivity index (χ4v) is 2.20. The van der Waals surface area contributed by atoms with E-state index in [2.05, 4.69) is 23.1 Å². The Morgan fingerprint density at radius 3 is 3.06 bits per heavy atom. The summed E-state index contributed by atoms with van der Waals surface area (Å²) in [6, 6.07) is 0.433. The molecule has 0 radical (unpaired) electrons. The minimum absolute atomic E-state index is 0.316. The summed E-state index contributed by atoms with van der Waals surface area (Å²) in [6.07, 6.45) is 8.63. The van der Waals surface area contributed by atoms with Crippen LogP contribution in [0, 0.1) is 12.3 Å². The van der Waals surface area contributed by atoms with Crippen molar-refractivity contribution in [2.45, 2.75) is 38.3 Å². The van der Waals surface area contributed by atoms with Crippen LogP contribution in [0.25, 0.3) is 0 Å². The molecule has 92 valence electrons. The zero-order valence-corrected chi connectivity index (χ0v) is 10.5. The largest absolute Gasteiger partial charge is 0.374 e. The number of likely N-dealkylation sites (N-methyl/N-ethyl adjacent to an activating group) is 2. The van der Waals surface area contributed by atoms with Gasteiger partial charge in [-0.15, -0.1) is 12.3 Å². The first-order valence-corrected chi connectivity index (χ1v) is 6.26. The molecule has 0 bridgehead atoms. The highest BCUT2D eigenvalue weighted by atomic mass is 16.5. The smallest absolute Gasteiger partial charge is 0.0855 e. The van der Waals surface area contributed by atoms with E-state index in [1.807, 2.05) is 7.05 Å². The van der Waals surface area contributed by atoms with Crippen LogP contribution in [0.1, 0.15) is 26.2 Å². The number of rotatable bonds is 6. The maximum Gasteiger partial charge on any atom is 0.0855 e. The summed E-state index contributed by atoms with van der Waals surface area (Å²) in [5, 5.41) is 3.36. The average Bonchev–Trinajstić information content (AvgIpc) is 2.35. The highest BCUT2D eigenvalue weighted by molar-refractivity contribution is 4.86. The number of hydrogen-bond acceptors (Lipinski definition) is 3. The van der Waals surface area contributed by atoms with E-state index in [0.717, 1.165) is 45.5 Å². The third-order valence-corrected chi connectivity index (χ3v) is 3.28. The van der Waals surface area contributed by atoms with Crippen LogP contribution in [0.5, 0.6) is 0 Å². The summed E-state index contributed by atoms with van der Waals surface area (Å²) >= 11 is 0. The van der Waals surface area contributed by atoms with Gasteiger partial charge < -0.3 is 10.1 Å². The van der Waals surface area contributed by atoms with Crippen LogP contribution >= 0.6 is 0 Å². The fraction of sp³-hybridized carbons (Fsp3) is 0.846. The highest BCUT2D eigenvalue weighted by Gasteiger charge is 2.25. The lowest BCUT2D eigenvalue weighted by Crippen LogP contribution is -2.51. The van der Waals surface area contributed by atoms with Gasteiger partial charge >= 0.3 is 0 Å². The van der Waals surface area contributed by atoms with E-state index in [0.29, 0.717) is 12.1 Å². The Labute approximate surface area is 99.5 Å². The molecule has 2 atom stereocenters. The van der Waals surface area contributed by atoms with Crippen LogP contribution in [0.3, 0.4) is 0 Å². The van der Waals surface area contributed by atoms with E-state index in [-0.39, 0.29) is 0 Å². The van der Waals surface area contributed by atoms with Crippen molar-refractivity contribution in [2.24, 2.45) is 0 Å². The minimum Gasteiger partial charge on any atom is -0.374 e. The molecule has 2 unspecified atom stereocenters. The quantitative estimate of drug-likeness (QED) is 0.540. The molecule has 1 aliphatic rings. The van der Waals surface area contributed by atoms with Gasteiger partial charge in [-0.05, 0) is 26.4 Å². The van der Waals surface area contributed by atoms with E-state index in [1.165, 1.54) is 0 Å². The maximum atomic E-state index is 5.84. The minimum atomic E-state index is 0.316. The highest BCUT2D eigenvalue weighted by Crippen LogP contribution is 2.13. The van der Waals surface area contributed by atoms with Crippen molar-refractivity contribution in [2.75, 3.05) is 33.3 Å². The monoisotopic (exact) mass is 224 g/mol. The Balaban J connectivity index is 2.36. The Bertz CT molecular complexity index is 224. The van der Waals surface area contributed by atoms with Gasteiger partial charge in [0.2, 0.25) is 0 Å². The van der Waals surface area contributed by atoms with Gasteiger partial charge in [-0.1, -0.05) is 6.92 Å². The first kappa shape index (κ1) is 13.5. The van der Waals surface area contributed by atoms with Crippen LogP contribution < -0.4 is 5.32 Å². The average molecular weight is 224 g/mol. The van der Waals surface area contributed by atoms with E-state index in [1.54, 1.807) is 0 Å². The van der Waals surface area contributed by atoms with Crippen molar-refractivity contribution in [1.29, 1.82) is 0 Å². The Morgan fingerprint density at radius 1 is 1.62 bits per heavy atom. The zero-order chi connectivity index (χ0) is 11.8. The van der Waals surface area contributed by atoms with Crippen molar-refractivity contribution in [3.8, 4) is 12.3 Å². The van der Waals surface area contributed by atoms with Gasteiger partial charge in [0.05, 0.1) is 12.7 Å². The van der Waals surface area contributed by atoms with Gasteiger partial charge in [0.1, 0.15) is 0 Å². The predicted octanol–water partition coefficient (Wildman–Crippen LogP) is 1.10. The molecule has 0 saturated carbocycles. The second kappa shape index (κ2) is 7.67. The molecule has 3 nitrogen and oxygen atoms in total. The third-order valence-electron chi connectivity index (χ3n) is 3.28. The molecule has 1 N–H and O–H groups in total. The topological polar surface area (TPSA) is 24.5 Å². The summed E-state index contributed by atoms with van der Waals surface area (Å²) in [4.78, 5) is 2.44. The number of terminal acetylenes is 1. The predicted molar refractivity (Wildman–Crippen MR) is 67.4 cm³/mol. The molecule has 1 aliphatic heterocycles. The van der Waals surface area contributed by atoms with Crippen molar-refractivity contribution < 1.29 is 4.74 Å². The van der Waals surface area contributed by atoms with Gasteiger partial charge in [0, 0.05) is 25.6 Å². The van der Waals surface area contributed by atoms with Crippen LogP contribution in [0.15, 0.2) is 0 Å². The molecule has 1 saturated heterocycles. The second-order valence-electron chi connectivity index (χ2n) is 4.29. The molecule has 0 aromatic carbocycles. The van der Waals surface area contributed by atoms with Crippen LogP contribution in [-0.2, 0) is 4.74 Å². The number of hydrogen-bond donors (Lipinski definition) is 1. The molecule has 0 aliphatic carbocycles. The van der Waals surface area contributed by atoms with Gasteiger partial charge in [0.25, 0.3) is 0 Å². The Hall–Kier alpha value is -0.560. The molecule has 0 spiro atoms. The van der Waals surface area contributed by atoms with Crippen molar-refractivity contribution in [3.05, 3.63) is 0 Å². The third kappa shape index (κ3) is 4.13. The standard InChI is InChI=1S/C13H24N2O/c1-4-6-7-8-12(14-3)13-11-15(5-2)9-10-16-13/h1,12-14H,5-11H2,2-3H3. The lowest BCUT2D eigenvalue weighted by molar-refractivity contribution is -0.0451. The number of nitrogens with zero attached hydrogens (tertiary/aromatic N) is 1. The first-order valence-electron chi connectivity index (χ1n) is 6.26. The molecule has 1 heterocycles. The molecular formula is C13H24N2O. The molecule has 0 amide bonds.